The Morgan fingerprint density at radius 2 is 2.20 bits per heavy atom. The molecule has 20 heavy (non-hydrogen) atoms. The molecule has 110 valence electrons. The van der Waals surface area contributed by atoms with E-state index >= 15 is 0 Å². The van der Waals surface area contributed by atoms with Gasteiger partial charge in [0.2, 0.25) is 15.9 Å². The zero-order valence-electron chi connectivity index (χ0n) is 10.8. The first-order valence-electron chi connectivity index (χ1n) is 6.12. The fraction of sp³-hybridized carbons (Fsp3) is 0.417. The first-order chi connectivity index (χ1) is 9.37. The van der Waals surface area contributed by atoms with Crippen molar-refractivity contribution in [2.45, 2.75) is 24.3 Å². The second-order valence-electron chi connectivity index (χ2n) is 4.41. The molecule has 1 fully saturated rings. The fourth-order valence-electron chi connectivity index (χ4n) is 2.18. The van der Waals surface area contributed by atoms with Crippen molar-refractivity contribution in [2.24, 2.45) is 0 Å². The van der Waals surface area contributed by atoms with E-state index in [1.165, 1.54) is 12.1 Å². The average Bonchev–Trinajstić information content (AvgIpc) is 2.37. The van der Waals surface area contributed by atoms with Crippen LogP contribution >= 0.6 is 15.9 Å². The van der Waals surface area contributed by atoms with Crippen molar-refractivity contribution in [3.05, 3.63) is 28.5 Å². The van der Waals surface area contributed by atoms with Crippen LogP contribution < -0.4 is 5.32 Å². The first-order valence-corrected chi connectivity index (χ1v) is 8.36. The molecule has 0 aliphatic carbocycles. The molecular formula is C12H14BrFN2O3S. The maximum Gasteiger partial charge on any atom is 0.246 e. The Hall–Kier alpha value is -0.990. The van der Waals surface area contributed by atoms with Crippen LogP contribution in [0.25, 0.3) is 0 Å². The molecule has 1 saturated heterocycles. The van der Waals surface area contributed by atoms with Gasteiger partial charge in [-0.3, -0.25) is 4.79 Å². The van der Waals surface area contributed by atoms with E-state index in [0.717, 1.165) is 10.4 Å². The van der Waals surface area contributed by atoms with E-state index in [0.29, 0.717) is 10.9 Å². The van der Waals surface area contributed by atoms with Crippen LogP contribution in [0.5, 0.6) is 0 Å². The molecule has 1 aliphatic rings. The van der Waals surface area contributed by atoms with Crippen molar-refractivity contribution in [1.29, 1.82) is 0 Å². The van der Waals surface area contributed by atoms with Gasteiger partial charge in [0.25, 0.3) is 0 Å². The van der Waals surface area contributed by atoms with Gasteiger partial charge in [0.1, 0.15) is 16.8 Å². The van der Waals surface area contributed by atoms with E-state index in [4.69, 9.17) is 0 Å². The van der Waals surface area contributed by atoms with Crippen molar-refractivity contribution in [3.8, 4) is 0 Å². The molecule has 1 aliphatic heterocycles. The number of nitrogens with one attached hydrogen (secondary N) is 1. The Morgan fingerprint density at radius 1 is 1.50 bits per heavy atom. The smallest absolute Gasteiger partial charge is 0.246 e. The molecule has 1 N–H and O–H groups in total. The highest BCUT2D eigenvalue weighted by atomic mass is 79.9. The largest absolute Gasteiger partial charge is 0.353 e. The number of halogens is 2. The lowest BCUT2D eigenvalue weighted by Crippen LogP contribution is -2.56. The molecule has 0 saturated carbocycles. The van der Waals surface area contributed by atoms with Gasteiger partial charge in [0.15, 0.2) is 0 Å². The topological polar surface area (TPSA) is 66.5 Å². The van der Waals surface area contributed by atoms with Crippen molar-refractivity contribution in [1.82, 2.24) is 9.62 Å². The van der Waals surface area contributed by atoms with Crippen LogP contribution in [0.2, 0.25) is 0 Å². The zero-order chi connectivity index (χ0) is 14.9. The monoisotopic (exact) mass is 364 g/mol. The molecular weight excluding hydrogens is 351 g/mol. The molecule has 0 bridgehead atoms. The van der Waals surface area contributed by atoms with Crippen LogP contribution in [-0.2, 0) is 14.8 Å². The third-order valence-corrected chi connectivity index (χ3v) is 5.58. The fourth-order valence-corrected chi connectivity index (χ4v) is 4.22. The van der Waals surface area contributed by atoms with Gasteiger partial charge in [-0.15, -0.1) is 0 Å². The van der Waals surface area contributed by atoms with Crippen LogP contribution in [0, 0.1) is 5.82 Å². The van der Waals surface area contributed by atoms with E-state index < -0.39 is 26.8 Å². The second kappa shape index (κ2) is 5.79. The molecule has 2 rings (SSSR count). The predicted molar refractivity (Wildman–Crippen MR) is 75.1 cm³/mol. The molecule has 1 aromatic carbocycles. The summed E-state index contributed by atoms with van der Waals surface area (Å²) in [5, 5.41) is 2.61. The number of sulfonamides is 1. The van der Waals surface area contributed by atoms with E-state index in [9.17, 15) is 17.6 Å². The maximum atomic E-state index is 13.9. The summed E-state index contributed by atoms with van der Waals surface area (Å²) in [6, 6.07) is 2.96. The Kier molecular flexibility index (Phi) is 4.46. The van der Waals surface area contributed by atoms with Gasteiger partial charge < -0.3 is 5.32 Å². The summed E-state index contributed by atoms with van der Waals surface area (Å²) < 4.78 is 40.5. The third-order valence-electron chi connectivity index (χ3n) is 3.15. The molecule has 0 radical (unpaired) electrons. The minimum Gasteiger partial charge on any atom is -0.353 e. The Bertz CT molecular complexity index is 636. The SMILES string of the molecule is CCC1C(=O)NCCN1S(=O)(=O)c1ccc(Br)cc1F. The van der Waals surface area contributed by atoms with Crippen LogP contribution in [-0.4, -0.2) is 37.8 Å². The standard InChI is InChI=1S/C12H14BrFN2O3S/c1-2-10-12(17)15-5-6-16(10)20(18,19)11-4-3-8(13)7-9(11)14/h3-4,7,10H,2,5-6H2,1H3,(H,15,17). The highest BCUT2D eigenvalue weighted by molar-refractivity contribution is 9.10. The Balaban J connectivity index is 2.45. The van der Waals surface area contributed by atoms with E-state index in [1.807, 2.05) is 0 Å². The lowest BCUT2D eigenvalue weighted by atomic mass is 10.2. The summed E-state index contributed by atoms with van der Waals surface area (Å²) in [7, 11) is -4.03. The molecule has 1 unspecified atom stereocenters. The van der Waals surface area contributed by atoms with Gasteiger partial charge in [0.05, 0.1) is 0 Å². The first kappa shape index (κ1) is 15.4. The van der Waals surface area contributed by atoms with Crippen molar-refractivity contribution in [3.63, 3.8) is 0 Å². The summed E-state index contributed by atoms with van der Waals surface area (Å²) in [5.74, 6) is -1.18. The minimum atomic E-state index is -4.03. The number of amides is 1. The molecule has 5 nitrogen and oxygen atoms in total. The molecule has 1 heterocycles. The molecule has 0 spiro atoms. The summed E-state index contributed by atoms with van der Waals surface area (Å²) in [4.78, 5) is 11.3. The number of carbonyl (C=O) groups excluding carboxylic acids is 1. The Morgan fingerprint density at radius 3 is 2.80 bits per heavy atom. The predicted octanol–water partition coefficient (Wildman–Crippen LogP) is 1.49. The van der Waals surface area contributed by atoms with Crippen molar-refractivity contribution < 1.29 is 17.6 Å². The number of nitrogens with zero attached hydrogens (tertiary/aromatic N) is 1. The molecule has 1 amide bonds. The van der Waals surface area contributed by atoms with E-state index in [1.54, 1.807) is 6.92 Å². The molecule has 8 heteroatoms. The lowest BCUT2D eigenvalue weighted by Gasteiger charge is -2.33. The highest BCUT2D eigenvalue weighted by Crippen LogP contribution is 2.25. The van der Waals surface area contributed by atoms with E-state index in [-0.39, 0.29) is 19.0 Å². The van der Waals surface area contributed by atoms with Crippen LogP contribution in [0.3, 0.4) is 0 Å². The van der Waals surface area contributed by atoms with Crippen molar-refractivity contribution in [2.75, 3.05) is 13.1 Å². The number of hydrogen-bond donors (Lipinski definition) is 1. The van der Waals surface area contributed by atoms with Crippen molar-refractivity contribution >= 4 is 31.9 Å². The molecule has 0 aromatic heterocycles. The second-order valence-corrected chi connectivity index (χ2v) is 7.18. The number of benzene rings is 1. The van der Waals surface area contributed by atoms with Gasteiger partial charge in [0, 0.05) is 17.6 Å². The average molecular weight is 365 g/mol. The summed E-state index contributed by atoms with van der Waals surface area (Å²) in [5.41, 5.74) is 0. The van der Waals surface area contributed by atoms with Gasteiger partial charge in [-0.25, -0.2) is 12.8 Å². The summed E-state index contributed by atoms with van der Waals surface area (Å²) in [6.07, 6.45) is 0.337. The van der Waals surface area contributed by atoms with Gasteiger partial charge in [-0.05, 0) is 24.6 Å². The van der Waals surface area contributed by atoms with E-state index in [2.05, 4.69) is 21.2 Å². The zero-order valence-corrected chi connectivity index (χ0v) is 13.2. The summed E-state index contributed by atoms with van der Waals surface area (Å²) in [6.45, 7) is 2.09. The van der Waals surface area contributed by atoms with Gasteiger partial charge in [-0.2, -0.15) is 4.31 Å². The van der Waals surface area contributed by atoms with Gasteiger partial charge in [-0.1, -0.05) is 22.9 Å². The third kappa shape index (κ3) is 2.72. The molecule has 1 atom stereocenters. The normalized spacial score (nSPS) is 20.8. The van der Waals surface area contributed by atoms with Crippen LogP contribution in [0.15, 0.2) is 27.6 Å². The number of rotatable bonds is 3. The van der Waals surface area contributed by atoms with Gasteiger partial charge >= 0.3 is 0 Å². The lowest BCUT2D eigenvalue weighted by molar-refractivity contribution is -0.126. The number of piperazine rings is 1. The summed E-state index contributed by atoms with van der Waals surface area (Å²) >= 11 is 3.08. The molecule has 1 aromatic rings. The number of carbonyl (C=O) groups is 1. The minimum absolute atomic E-state index is 0.141. The van der Waals surface area contributed by atoms with Crippen LogP contribution in [0.1, 0.15) is 13.3 Å². The number of hydrogen-bond acceptors (Lipinski definition) is 3. The van der Waals surface area contributed by atoms with Crippen LogP contribution in [0.4, 0.5) is 4.39 Å². The Labute approximate surface area is 125 Å². The quantitative estimate of drug-likeness (QED) is 0.883. The highest BCUT2D eigenvalue weighted by Gasteiger charge is 2.38. The maximum absolute atomic E-state index is 13.9.